The molecule has 0 heterocycles. The third kappa shape index (κ3) is 6.65. The molecule has 104 valence electrons. The van der Waals surface area contributed by atoms with E-state index in [2.05, 4.69) is 13.8 Å². The number of rotatable bonds is 8. The number of hydrogen-bond donors (Lipinski definition) is 1. The Bertz CT molecular complexity index is 407. The van der Waals surface area contributed by atoms with E-state index in [9.17, 15) is 4.79 Å². The summed E-state index contributed by atoms with van der Waals surface area (Å²) in [6.07, 6.45) is 7.63. The second kappa shape index (κ2) is 8.35. The summed E-state index contributed by atoms with van der Waals surface area (Å²) >= 11 is 0. The third-order valence-electron chi connectivity index (χ3n) is 2.85. The summed E-state index contributed by atoms with van der Waals surface area (Å²) in [5.41, 5.74) is 0.855. The Hall–Kier alpha value is -1.77. The van der Waals surface area contributed by atoms with Crippen LogP contribution in [0.5, 0.6) is 5.75 Å². The topological polar surface area (TPSA) is 46.5 Å². The van der Waals surface area contributed by atoms with Crippen LogP contribution in [-0.4, -0.2) is 17.2 Å². The molecular formula is C16H22O3. The highest BCUT2D eigenvalue weighted by molar-refractivity contribution is 5.85. The van der Waals surface area contributed by atoms with Gasteiger partial charge < -0.3 is 9.84 Å². The summed E-state index contributed by atoms with van der Waals surface area (Å²) in [6.45, 7) is 4.27. The van der Waals surface area contributed by atoms with Crippen molar-refractivity contribution in [1.29, 1.82) is 0 Å². The molecule has 0 aliphatic carbocycles. The van der Waals surface area contributed by atoms with Crippen molar-refractivity contribution < 1.29 is 14.6 Å². The first-order chi connectivity index (χ1) is 9.11. The van der Waals surface area contributed by atoms with Crippen molar-refractivity contribution in [2.75, 3.05) is 0 Å². The van der Waals surface area contributed by atoms with E-state index in [4.69, 9.17) is 9.84 Å². The summed E-state index contributed by atoms with van der Waals surface area (Å²) in [5, 5.41) is 8.54. The van der Waals surface area contributed by atoms with Gasteiger partial charge in [0.2, 0.25) is 0 Å². The first-order valence-corrected chi connectivity index (χ1v) is 6.79. The Labute approximate surface area is 114 Å². The van der Waals surface area contributed by atoms with E-state index in [1.54, 1.807) is 6.08 Å². The fourth-order valence-corrected chi connectivity index (χ4v) is 1.80. The van der Waals surface area contributed by atoms with Gasteiger partial charge in [-0.25, -0.2) is 4.79 Å². The zero-order valence-corrected chi connectivity index (χ0v) is 11.6. The maximum atomic E-state index is 10.4. The van der Waals surface area contributed by atoms with Crippen molar-refractivity contribution in [3.05, 3.63) is 35.9 Å². The van der Waals surface area contributed by atoms with E-state index in [-0.39, 0.29) is 6.10 Å². The van der Waals surface area contributed by atoms with Gasteiger partial charge in [0, 0.05) is 6.08 Å². The average Bonchev–Trinajstić information content (AvgIpc) is 2.38. The highest BCUT2D eigenvalue weighted by Gasteiger charge is 2.03. The van der Waals surface area contributed by atoms with Gasteiger partial charge in [0.25, 0.3) is 0 Å². The molecule has 0 saturated heterocycles. The zero-order valence-electron chi connectivity index (χ0n) is 11.6. The molecule has 0 bridgehead atoms. The second-order valence-electron chi connectivity index (χ2n) is 4.66. The smallest absolute Gasteiger partial charge is 0.328 e. The Morgan fingerprint density at radius 2 is 2.00 bits per heavy atom. The Morgan fingerprint density at radius 3 is 2.58 bits per heavy atom. The van der Waals surface area contributed by atoms with E-state index < -0.39 is 5.97 Å². The lowest BCUT2D eigenvalue weighted by Gasteiger charge is -2.14. The fourth-order valence-electron chi connectivity index (χ4n) is 1.80. The van der Waals surface area contributed by atoms with Gasteiger partial charge in [0.05, 0.1) is 6.10 Å². The first-order valence-electron chi connectivity index (χ1n) is 6.79. The number of aliphatic carboxylic acids is 1. The lowest BCUT2D eigenvalue weighted by Crippen LogP contribution is -2.11. The van der Waals surface area contributed by atoms with Gasteiger partial charge in [-0.1, -0.05) is 31.9 Å². The molecular weight excluding hydrogens is 240 g/mol. The van der Waals surface area contributed by atoms with Gasteiger partial charge in [-0.3, -0.25) is 0 Å². The first kappa shape index (κ1) is 15.3. The molecule has 1 N–H and O–H groups in total. The molecule has 1 rings (SSSR count). The summed E-state index contributed by atoms with van der Waals surface area (Å²) in [7, 11) is 0. The van der Waals surface area contributed by atoms with E-state index in [0.29, 0.717) is 0 Å². The van der Waals surface area contributed by atoms with Crippen molar-refractivity contribution >= 4 is 12.0 Å². The molecule has 1 aromatic rings. The van der Waals surface area contributed by atoms with Crippen LogP contribution in [0.1, 0.15) is 45.1 Å². The molecule has 0 radical (unpaired) electrons. The maximum absolute atomic E-state index is 10.4. The second-order valence-corrected chi connectivity index (χ2v) is 4.66. The lowest BCUT2D eigenvalue weighted by atomic mass is 10.1. The number of benzene rings is 1. The predicted molar refractivity (Wildman–Crippen MR) is 77.3 cm³/mol. The van der Waals surface area contributed by atoms with E-state index in [1.165, 1.54) is 19.3 Å². The molecule has 1 atom stereocenters. The lowest BCUT2D eigenvalue weighted by molar-refractivity contribution is -0.131. The SMILES string of the molecule is CCCCC[C@@H](C)Oc1ccc(C=CC(=O)O)cc1. The molecule has 0 spiro atoms. The van der Waals surface area contributed by atoms with E-state index in [0.717, 1.165) is 23.8 Å². The normalized spacial score (nSPS) is 12.5. The number of carbonyl (C=O) groups is 1. The minimum Gasteiger partial charge on any atom is -0.491 e. The molecule has 19 heavy (non-hydrogen) atoms. The fraction of sp³-hybridized carbons (Fsp3) is 0.438. The quantitative estimate of drug-likeness (QED) is 0.566. The monoisotopic (exact) mass is 262 g/mol. The van der Waals surface area contributed by atoms with Crippen LogP contribution in [0.3, 0.4) is 0 Å². The average molecular weight is 262 g/mol. The molecule has 0 amide bonds. The number of carboxylic acid groups (broad SMARTS) is 1. The van der Waals surface area contributed by atoms with Crippen LogP contribution in [-0.2, 0) is 4.79 Å². The van der Waals surface area contributed by atoms with Crippen LogP contribution in [0.25, 0.3) is 6.08 Å². The number of ether oxygens (including phenoxy) is 1. The van der Waals surface area contributed by atoms with Gasteiger partial charge in [-0.2, -0.15) is 0 Å². The summed E-state index contributed by atoms with van der Waals surface area (Å²) in [5.74, 6) is -0.110. The van der Waals surface area contributed by atoms with Crippen molar-refractivity contribution in [3.8, 4) is 5.75 Å². The molecule has 0 unspecified atom stereocenters. The third-order valence-corrected chi connectivity index (χ3v) is 2.85. The van der Waals surface area contributed by atoms with Crippen molar-refractivity contribution in [2.45, 2.75) is 45.6 Å². The van der Waals surface area contributed by atoms with Crippen LogP contribution in [0.4, 0.5) is 0 Å². The van der Waals surface area contributed by atoms with Crippen LogP contribution >= 0.6 is 0 Å². The van der Waals surface area contributed by atoms with Crippen molar-refractivity contribution in [1.82, 2.24) is 0 Å². The predicted octanol–water partition coefficient (Wildman–Crippen LogP) is 4.13. The maximum Gasteiger partial charge on any atom is 0.328 e. The molecule has 3 heteroatoms. The van der Waals surface area contributed by atoms with Gasteiger partial charge in [-0.15, -0.1) is 0 Å². The minimum absolute atomic E-state index is 0.215. The Morgan fingerprint density at radius 1 is 1.32 bits per heavy atom. The van der Waals surface area contributed by atoms with Crippen LogP contribution < -0.4 is 4.74 Å². The summed E-state index contributed by atoms with van der Waals surface area (Å²) < 4.78 is 5.80. The molecule has 0 saturated carbocycles. The van der Waals surface area contributed by atoms with Crippen molar-refractivity contribution in [2.24, 2.45) is 0 Å². The highest BCUT2D eigenvalue weighted by atomic mass is 16.5. The largest absolute Gasteiger partial charge is 0.491 e. The number of hydrogen-bond acceptors (Lipinski definition) is 2. The molecule has 0 fully saturated rings. The summed E-state index contributed by atoms with van der Waals surface area (Å²) in [6, 6.07) is 7.46. The van der Waals surface area contributed by atoms with Gasteiger partial charge in [-0.05, 0) is 43.5 Å². The molecule has 0 aliphatic rings. The van der Waals surface area contributed by atoms with Crippen LogP contribution in [0.2, 0.25) is 0 Å². The summed E-state index contributed by atoms with van der Waals surface area (Å²) in [4.78, 5) is 10.4. The van der Waals surface area contributed by atoms with Crippen LogP contribution in [0.15, 0.2) is 30.3 Å². The molecule has 1 aromatic carbocycles. The van der Waals surface area contributed by atoms with E-state index in [1.807, 2.05) is 24.3 Å². The van der Waals surface area contributed by atoms with Crippen molar-refractivity contribution in [3.63, 3.8) is 0 Å². The van der Waals surface area contributed by atoms with E-state index >= 15 is 0 Å². The molecule has 0 aromatic heterocycles. The van der Waals surface area contributed by atoms with Gasteiger partial charge in [0.15, 0.2) is 0 Å². The molecule has 0 aliphatic heterocycles. The molecule has 3 nitrogen and oxygen atoms in total. The zero-order chi connectivity index (χ0) is 14.1. The Balaban J connectivity index is 2.45. The minimum atomic E-state index is -0.940. The van der Waals surface area contributed by atoms with Gasteiger partial charge >= 0.3 is 5.97 Å². The number of carboxylic acids is 1. The van der Waals surface area contributed by atoms with Gasteiger partial charge in [0.1, 0.15) is 5.75 Å². The number of unbranched alkanes of at least 4 members (excludes halogenated alkanes) is 2. The highest BCUT2D eigenvalue weighted by Crippen LogP contribution is 2.16. The standard InChI is InChI=1S/C16H22O3/c1-3-4-5-6-13(2)19-15-10-7-14(8-11-15)9-12-16(17)18/h7-13H,3-6H2,1-2H3,(H,17,18)/t13-/m1/s1. The van der Waals surface area contributed by atoms with Crippen LogP contribution in [0, 0.1) is 0 Å². The Kier molecular flexibility index (Phi) is 6.72.